The van der Waals surface area contributed by atoms with Crippen LogP contribution in [0.1, 0.15) is 21.5 Å². The van der Waals surface area contributed by atoms with Crippen molar-refractivity contribution in [1.29, 1.82) is 0 Å². The summed E-state index contributed by atoms with van der Waals surface area (Å²) in [6, 6.07) is 23.6. The van der Waals surface area contributed by atoms with Crippen LogP contribution in [0.25, 0.3) is 0 Å². The average Bonchev–Trinajstić information content (AvgIpc) is 2.78. The molecule has 5 heteroatoms. The molecule has 0 aromatic heterocycles. The van der Waals surface area contributed by atoms with Crippen LogP contribution in [0.4, 0.5) is 5.69 Å². The van der Waals surface area contributed by atoms with E-state index in [0.717, 1.165) is 11.3 Å². The van der Waals surface area contributed by atoms with Crippen LogP contribution in [0.3, 0.4) is 0 Å². The zero-order chi connectivity index (χ0) is 21.3. The third-order valence-corrected chi connectivity index (χ3v) is 4.43. The Morgan fingerprint density at radius 3 is 2.50 bits per heavy atom. The number of hydrogen-bond acceptors (Lipinski definition) is 3. The monoisotopic (exact) mass is 398 g/mol. The van der Waals surface area contributed by atoms with Crippen molar-refractivity contribution in [3.63, 3.8) is 0 Å². The first-order valence-corrected chi connectivity index (χ1v) is 9.44. The smallest absolute Gasteiger partial charge is 0.254 e. The summed E-state index contributed by atoms with van der Waals surface area (Å²) in [6.45, 7) is 0.165. The highest BCUT2D eigenvalue weighted by Crippen LogP contribution is 2.16. The number of nitrogens with one attached hydrogen (secondary N) is 1. The van der Waals surface area contributed by atoms with Gasteiger partial charge in [0.2, 0.25) is 5.91 Å². The number of anilines is 1. The van der Waals surface area contributed by atoms with Crippen LogP contribution < -0.4 is 10.1 Å². The minimum absolute atomic E-state index is 0.0903. The van der Waals surface area contributed by atoms with Crippen molar-refractivity contribution in [2.75, 3.05) is 18.9 Å². The summed E-state index contributed by atoms with van der Waals surface area (Å²) in [6.07, 6.45) is 5.38. The fourth-order valence-corrected chi connectivity index (χ4v) is 2.91. The second kappa shape index (κ2) is 9.94. The van der Waals surface area contributed by atoms with E-state index in [4.69, 9.17) is 11.2 Å². The van der Waals surface area contributed by atoms with Crippen LogP contribution >= 0.6 is 0 Å². The Bertz CT molecular complexity index is 1070. The molecule has 2 amide bonds. The van der Waals surface area contributed by atoms with Gasteiger partial charge >= 0.3 is 0 Å². The predicted molar refractivity (Wildman–Crippen MR) is 117 cm³/mol. The number of hydrogen-bond donors (Lipinski definition) is 1. The first-order valence-electron chi connectivity index (χ1n) is 9.44. The van der Waals surface area contributed by atoms with Crippen molar-refractivity contribution in [2.24, 2.45) is 0 Å². The molecule has 30 heavy (non-hydrogen) atoms. The lowest BCUT2D eigenvalue weighted by Crippen LogP contribution is -2.35. The second-order valence-electron chi connectivity index (χ2n) is 6.69. The summed E-state index contributed by atoms with van der Waals surface area (Å²) in [5.74, 6) is 2.68. The van der Waals surface area contributed by atoms with E-state index in [-0.39, 0.29) is 25.0 Å². The molecule has 0 heterocycles. The van der Waals surface area contributed by atoms with Gasteiger partial charge in [-0.2, -0.15) is 0 Å². The van der Waals surface area contributed by atoms with Crippen molar-refractivity contribution < 1.29 is 14.3 Å². The molecular weight excluding hydrogens is 376 g/mol. The lowest BCUT2D eigenvalue weighted by Gasteiger charge is -2.19. The number of amides is 2. The molecule has 0 saturated heterocycles. The summed E-state index contributed by atoms with van der Waals surface area (Å²) in [5, 5.41) is 2.76. The van der Waals surface area contributed by atoms with E-state index in [2.05, 4.69) is 11.2 Å². The maximum Gasteiger partial charge on any atom is 0.254 e. The van der Waals surface area contributed by atoms with Gasteiger partial charge in [0, 0.05) is 29.4 Å². The molecule has 3 aromatic rings. The fourth-order valence-electron chi connectivity index (χ4n) is 2.91. The average molecular weight is 398 g/mol. The third-order valence-electron chi connectivity index (χ3n) is 4.43. The van der Waals surface area contributed by atoms with Crippen molar-refractivity contribution >= 4 is 17.5 Å². The Labute approximate surface area is 176 Å². The number of carbonyl (C=O) groups excluding carboxylic acids is 2. The maximum atomic E-state index is 12.9. The van der Waals surface area contributed by atoms with E-state index in [1.165, 1.54) is 4.90 Å². The molecular formula is C25H22N2O3. The number of rotatable bonds is 7. The molecule has 0 fully saturated rings. The van der Waals surface area contributed by atoms with E-state index in [1.54, 1.807) is 43.4 Å². The summed E-state index contributed by atoms with van der Waals surface area (Å²) < 4.78 is 5.78. The van der Waals surface area contributed by atoms with Gasteiger partial charge in [-0.1, -0.05) is 48.4 Å². The van der Waals surface area contributed by atoms with Crippen molar-refractivity contribution in [1.82, 2.24) is 4.90 Å². The van der Waals surface area contributed by atoms with Gasteiger partial charge in [0.1, 0.15) is 12.4 Å². The molecule has 3 rings (SSSR count). The molecule has 0 radical (unpaired) electrons. The number of nitrogens with zero attached hydrogens (tertiary/aromatic N) is 1. The van der Waals surface area contributed by atoms with Crippen LogP contribution in [-0.2, 0) is 11.4 Å². The lowest BCUT2D eigenvalue weighted by atomic mass is 10.1. The molecule has 0 unspecified atom stereocenters. The van der Waals surface area contributed by atoms with Gasteiger partial charge in [-0.3, -0.25) is 9.59 Å². The summed E-state index contributed by atoms with van der Waals surface area (Å²) in [5.41, 5.74) is 2.51. The highest BCUT2D eigenvalue weighted by atomic mass is 16.5. The van der Waals surface area contributed by atoms with Gasteiger partial charge in [0.25, 0.3) is 5.91 Å². The number of para-hydroxylation sites is 1. The lowest BCUT2D eigenvalue weighted by molar-refractivity contribution is -0.116. The molecule has 0 aliphatic rings. The van der Waals surface area contributed by atoms with E-state index < -0.39 is 0 Å². The molecule has 0 aliphatic heterocycles. The van der Waals surface area contributed by atoms with E-state index >= 15 is 0 Å². The van der Waals surface area contributed by atoms with E-state index in [1.807, 2.05) is 42.5 Å². The molecule has 1 N–H and O–H groups in total. The summed E-state index contributed by atoms with van der Waals surface area (Å²) in [4.78, 5) is 26.7. The van der Waals surface area contributed by atoms with Gasteiger partial charge in [-0.05, 0) is 36.4 Å². The summed E-state index contributed by atoms with van der Waals surface area (Å²) in [7, 11) is 1.59. The topological polar surface area (TPSA) is 58.6 Å². The third kappa shape index (κ3) is 5.49. The van der Waals surface area contributed by atoms with Crippen LogP contribution in [0.5, 0.6) is 5.75 Å². The Balaban J connectivity index is 1.64. The van der Waals surface area contributed by atoms with E-state index in [9.17, 15) is 9.59 Å². The SMILES string of the molecule is C#Cc1cccc(NC(=O)CN(C)C(=O)c2ccccc2COc2ccccc2)c1. The predicted octanol–water partition coefficient (Wildman–Crippen LogP) is 3.96. The molecule has 150 valence electrons. The van der Waals surface area contributed by atoms with Crippen LogP contribution in [0, 0.1) is 12.3 Å². The minimum atomic E-state index is -0.307. The molecule has 0 atom stereocenters. The highest BCUT2D eigenvalue weighted by molar-refractivity contribution is 6.00. The molecule has 0 saturated carbocycles. The zero-order valence-electron chi connectivity index (χ0n) is 16.7. The molecule has 0 bridgehead atoms. The Hall–Kier alpha value is -4.04. The molecule has 0 aliphatic carbocycles. The van der Waals surface area contributed by atoms with E-state index in [0.29, 0.717) is 16.8 Å². The number of benzene rings is 3. The Morgan fingerprint density at radius 2 is 1.73 bits per heavy atom. The molecule has 0 spiro atoms. The quantitative estimate of drug-likeness (QED) is 0.613. The first-order chi connectivity index (χ1) is 14.6. The van der Waals surface area contributed by atoms with Crippen LogP contribution in [0.15, 0.2) is 78.9 Å². The largest absolute Gasteiger partial charge is 0.489 e. The first kappa shape index (κ1) is 20.7. The van der Waals surface area contributed by atoms with Crippen molar-refractivity contribution in [3.8, 4) is 18.1 Å². The molecule has 3 aromatic carbocycles. The fraction of sp³-hybridized carbons (Fsp3) is 0.120. The second-order valence-corrected chi connectivity index (χ2v) is 6.69. The van der Waals surface area contributed by atoms with Gasteiger partial charge in [0.05, 0.1) is 6.54 Å². The highest BCUT2D eigenvalue weighted by Gasteiger charge is 2.18. The van der Waals surface area contributed by atoms with Crippen molar-refractivity contribution in [2.45, 2.75) is 6.61 Å². The van der Waals surface area contributed by atoms with Crippen LogP contribution in [-0.4, -0.2) is 30.3 Å². The maximum absolute atomic E-state index is 12.9. The van der Waals surface area contributed by atoms with Gasteiger partial charge < -0.3 is 15.0 Å². The Kier molecular flexibility index (Phi) is 6.86. The number of carbonyl (C=O) groups is 2. The van der Waals surface area contributed by atoms with Gasteiger partial charge in [-0.15, -0.1) is 6.42 Å². The van der Waals surface area contributed by atoms with Crippen LogP contribution in [0.2, 0.25) is 0 Å². The Morgan fingerprint density at radius 1 is 1.00 bits per heavy atom. The normalized spacial score (nSPS) is 10.0. The van der Waals surface area contributed by atoms with Gasteiger partial charge in [0.15, 0.2) is 0 Å². The number of terminal acetylenes is 1. The minimum Gasteiger partial charge on any atom is -0.489 e. The van der Waals surface area contributed by atoms with Crippen molar-refractivity contribution in [3.05, 3.63) is 95.6 Å². The van der Waals surface area contributed by atoms with Gasteiger partial charge in [-0.25, -0.2) is 0 Å². The number of likely N-dealkylation sites (N-methyl/N-ethyl adjacent to an activating group) is 1. The summed E-state index contributed by atoms with van der Waals surface area (Å²) >= 11 is 0. The zero-order valence-corrected chi connectivity index (χ0v) is 16.7. The standard InChI is InChI=1S/C25H22N2O3/c1-3-19-10-9-12-21(16-19)26-24(28)17-27(2)25(29)23-15-8-7-11-20(23)18-30-22-13-5-4-6-14-22/h1,4-16H,17-18H2,2H3,(H,26,28). The number of ether oxygens (including phenoxy) is 1. The molecule has 5 nitrogen and oxygen atoms in total.